The summed E-state index contributed by atoms with van der Waals surface area (Å²) in [6.07, 6.45) is 2.52. The third kappa shape index (κ3) is 3.13. The van der Waals surface area contributed by atoms with Crippen LogP contribution in [-0.4, -0.2) is 17.8 Å². The molecule has 1 aliphatic carbocycles. The summed E-state index contributed by atoms with van der Waals surface area (Å²) in [6.45, 7) is 0. The van der Waals surface area contributed by atoms with Gasteiger partial charge in [-0.05, 0) is 37.0 Å². The maximum Gasteiger partial charge on any atom is 0.319 e. The second kappa shape index (κ2) is 6.62. The molecule has 4 amide bonds. The highest BCUT2D eigenvalue weighted by Crippen LogP contribution is 2.39. The zero-order chi connectivity index (χ0) is 17.3. The fourth-order valence-electron chi connectivity index (χ4n) is 2.72. The summed E-state index contributed by atoms with van der Waals surface area (Å²) in [4.78, 5) is 36.8. The SMILES string of the molecule is NC(=O)NC(=O)c1c(NC(=O)c2ccccc2Cl)sc2c1CCC2. The molecule has 0 aliphatic heterocycles. The molecule has 1 aliphatic rings. The number of fused-ring (bicyclic) bond motifs is 1. The first-order valence-electron chi connectivity index (χ1n) is 7.28. The number of rotatable bonds is 3. The topological polar surface area (TPSA) is 101 Å². The molecule has 4 N–H and O–H groups in total. The molecule has 0 fully saturated rings. The monoisotopic (exact) mass is 363 g/mol. The van der Waals surface area contributed by atoms with Crippen LogP contribution >= 0.6 is 22.9 Å². The van der Waals surface area contributed by atoms with Crippen molar-refractivity contribution >= 4 is 45.8 Å². The van der Waals surface area contributed by atoms with Gasteiger partial charge in [-0.25, -0.2) is 4.79 Å². The second-order valence-corrected chi connectivity index (χ2v) is 6.83. The van der Waals surface area contributed by atoms with Gasteiger partial charge in [-0.3, -0.25) is 14.9 Å². The van der Waals surface area contributed by atoms with Crippen molar-refractivity contribution < 1.29 is 14.4 Å². The van der Waals surface area contributed by atoms with Crippen LogP contribution < -0.4 is 16.4 Å². The molecule has 124 valence electrons. The number of hydrogen-bond donors (Lipinski definition) is 3. The lowest BCUT2D eigenvalue weighted by Gasteiger charge is -2.08. The minimum atomic E-state index is -0.929. The minimum absolute atomic E-state index is 0.312. The smallest absolute Gasteiger partial charge is 0.319 e. The highest BCUT2D eigenvalue weighted by Gasteiger charge is 2.28. The minimum Gasteiger partial charge on any atom is -0.351 e. The number of urea groups is 1. The standard InChI is InChI=1S/C16H14ClN3O3S/c17-10-6-2-1-4-8(10)13(21)19-15-12(14(22)20-16(18)23)9-5-3-7-11(9)24-15/h1-2,4,6H,3,5,7H2,(H,19,21)(H3,18,20,22,23). The van der Waals surface area contributed by atoms with E-state index < -0.39 is 17.8 Å². The Morgan fingerprint density at radius 3 is 2.58 bits per heavy atom. The van der Waals surface area contributed by atoms with E-state index in [1.807, 2.05) is 0 Å². The van der Waals surface area contributed by atoms with Crippen LogP contribution in [0.2, 0.25) is 5.02 Å². The molecule has 0 bridgehead atoms. The number of aryl methyl sites for hydroxylation is 1. The first-order valence-corrected chi connectivity index (χ1v) is 8.48. The van der Waals surface area contributed by atoms with Crippen LogP contribution in [0.25, 0.3) is 0 Å². The summed E-state index contributed by atoms with van der Waals surface area (Å²) in [5.74, 6) is -1.01. The zero-order valence-electron chi connectivity index (χ0n) is 12.5. The van der Waals surface area contributed by atoms with E-state index in [-0.39, 0.29) is 0 Å². The normalized spacial score (nSPS) is 12.5. The van der Waals surface area contributed by atoms with Gasteiger partial charge in [0.15, 0.2) is 0 Å². The number of imide groups is 1. The molecule has 0 saturated heterocycles. The number of hydrogen-bond acceptors (Lipinski definition) is 4. The summed E-state index contributed by atoms with van der Waals surface area (Å²) in [5.41, 5.74) is 6.53. The van der Waals surface area contributed by atoms with Gasteiger partial charge in [0.2, 0.25) is 0 Å². The van der Waals surface area contributed by atoms with E-state index in [0.29, 0.717) is 21.2 Å². The number of carbonyl (C=O) groups is 3. The number of thiophene rings is 1. The van der Waals surface area contributed by atoms with Gasteiger partial charge in [-0.2, -0.15) is 0 Å². The molecule has 1 aromatic carbocycles. The van der Waals surface area contributed by atoms with Gasteiger partial charge >= 0.3 is 6.03 Å². The number of halogens is 1. The highest BCUT2D eigenvalue weighted by molar-refractivity contribution is 7.17. The third-order valence-electron chi connectivity index (χ3n) is 3.73. The highest BCUT2D eigenvalue weighted by atomic mass is 35.5. The van der Waals surface area contributed by atoms with Crippen molar-refractivity contribution in [3.63, 3.8) is 0 Å². The Morgan fingerprint density at radius 2 is 1.88 bits per heavy atom. The predicted octanol–water partition coefficient (Wildman–Crippen LogP) is 2.95. The fourth-order valence-corrected chi connectivity index (χ4v) is 4.23. The van der Waals surface area contributed by atoms with E-state index >= 15 is 0 Å². The number of benzene rings is 1. The Morgan fingerprint density at radius 1 is 1.12 bits per heavy atom. The molecule has 2 aromatic rings. The van der Waals surface area contributed by atoms with E-state index in [1.54, 1.807) is 24.3 Å². The average molecular weight is 364 g/mol. The molecular weight excluding hydrogens is 350 g/mol. The Kier molecular flexibility index (Phi) is 4.55. The van der Waals surface area contributed by atoms with Crippen molar-refractivity contribution in [2.45, 2.75) is 19.3 Å². The second-order valence-electron chi connectivity index (χ2n) is 5.31. The maximum absolute atomic E-state index is 12.4. The van der Waals surface area contributed by atoms with Crippen LogP contribution in [0.4, 0.5) is 9.80 Å². The van der Waals surface area contributed by atoms with E-state index in [4.69, 9.17) is 17.3 Å². The van der Waals surface area contributed by atoms with Crippen molar-refractivity contribution in [1.82, 2.24) is 5.32 Å². The van der Waals surface area contributed by atoms with Gasteiger partial charge in [0.05, 0.1) is 16.1 Å². The Hall–Kier alpha value is -2.38. The lowest BCUT2D eigenvalue weighted by Crippen LogP contribution is -2.35. The first kappa shape index (κ1) is 16.5. The lowest BCUT2D eigenvalue weighted by atomic mass is 10.1. The Labute approximate surface area is 147 Å². The molecule has 1 aromatic heterocycles. The van der Waals surface area contributed by atoms with Gasteiger partial charge in [-0.15, -0.1) is 11.3 Å². The van der Waals surface area contributed by atoms with E-state index in [2.05, 4.69) is 10.6 Å². The van der Waals surface area contributed by atoms with E-state index in [1.165, 1.54) is 11.3 Å². The fraction of sp³-hybridized carbons (Fsp3) is 0.188. The first-order chi connectivity index (χ1) is 11.5. The molecule has 0 saturated carbocycles. The molecule has 8 heteroatoms. The number of primary amides is 1. The van der Waals surface area contributed by atoms with Crippen molar-refractivity contribution in [3.05, 3.63) is 50.9 Å². The molecule has 3 rings (SSSR count). The molecule has 0 spiro atoms. The average Bonchev–Trinajstić information content (AvgIpc) is 3.06. The quantitative estimate of drug-likeness (QED) is 0.781. The third-order valence-corrected chi connectivity index (χ3v) is 5.27. The molecule has 0 atom stereocenters. The molecule has 0 radical (unpaired) electrons. The summed E-state index contributed by atoms with van der Waals surface area (Å²) < 4.78 is 0. The van der Waals surface area contributed by atoms with Crippen LogP contribution in [0.1, 0.15) is 37.6 Å². The molecule has 24 heavy (non-hydrogen) atoms. The van der Waals surface area contributed by atoms with Crippen LogP contribution in [0, 0.1) is 0 Å². The van der Waals surface area contributed by atoms with Gasteiger partial charge in [0.25, 0.3) is 11.8 Å². The van der Waals surface area contributed by atoms with Crippen LogP contribution in [0.5, 0.6) is 0 Å². The van der Waals surface area contributed by atoms with E-state index in [9.17, 15) is 14.4 Å². The summed E-state index contributed by atoms with van der Waals surface area (Å²) in [5, 5.41) is 5.53. The van der Waals surface area contributed by atoms with E-state index in [0.717, 1.165) is 29.7 Å². The van der Waals surface area contributed by atoms with Gasteiger partial charge in [-0.1, -0.05) is 23.7 Å². The zero-order valence-corrected chi connectivity index (χ0v) is 14.1. The van der Waals surface area contributed by atoms with Gasteiger partial charge in [0, 0.05) is 4.88 Å². The van der Waals surface area contributed by atoms with Crippen molar-refractivity contribution in [2.75, 3.05) is 5.32 Å². The molecule has 6 nitrogen and oxygen atoms in total. The number of carbonyl (C=O) groups excluding carboxylic acids is 3. The van der Waals surface area contributed by atoms with Gasteiger partial charge < -0.3 is 11.1 Å². The number of nitrogens with one attached hydrogen (secondary N) is 2. The summed E-state index contributed by atoms with van der Waals surface area (Å²) >= 11 is 7.38. The Bertz CT molecular complexity index is 847. The number of anilines is 1. The van der Waals surface area contributed by atoms with Crippen LogP contribution in [-0.2, 0) is 12.8 Å². The van der Waals surface area contributed by atoms with Crippen molar-refractivity contribution in [3.8, 4) is 0 Å². The molecule has 0 unspecified atom stereocenters. The Balaban J connectivity index is 1.94. The van der Waals surface area contributed by atoms with Gasteiger partial charge in [0.1, 0.15) is 5.00 Å². The van der Waals surface area contributed by atoms with Crippen LogP contribution in [0.15, 0.2) is 24.3 Å². The maximum atomic E-state index is 12.4. The molecular formula is C16H14ClN3O3S. The van der Waals surface area contributed by atoms with Crippen LogP contribution in [0.3, 0.4) is 0 Å². The lowest BCUT2D eigenvalue weighted by molar-refractivity contribution is 0.0966. The van der Waals surface area contributed by atoms with Crippen molar-refractivity contribution in [1.29, 1.82) is 0 Å². The van der Waals surface area contributed by atoms with Crippen molar-refractivity contribution in [2.24, 2.45) is 5.73 Å². The number of amides is 4. The molecule has 1 heterocycles. The number of nitrogens with two attached hydrogens (primary N) is 1. The summed E-state index contributed by atoms with van der Waals surface area (Å²) in [7, 11) is 0. The largest absolute Gasteiger partial charge is 0.351 e. The predicted molar refractivity (Wildman–Crippen MR) is 92.8 cm³/mol. The summed E-state index contributed by atoms with van der Waals surface area (Å²) in [6, 6.07) is 5.72.